The highest BCUT2D eigenvalue weighted by molar-refractivity contribution is 5.30. The van der Waals surface area contributed by atoms with E-state index in [9.17, 15) is 0 Å². The van der Waals surface area contributed by atoms with Crippen LogP contribution in [0.25, 0.3) is 0 Å². The lowest BCUT2D eigenvalue weighted by Crippen LogP contribution is -2.37. The second-order valence-electron chi connectivity index (χ2n) is 4.81. The molecule has 1 fully saturated rings. The normalized spacial score (nSPS) is 17.4. The number of nitrogens with zero attached hydrogens (tertiary/aromatic N) is 3. The summed E-state index contributed by atoms with van der Waals surface area (Å²) in [5, 5.41) is 0. The molecule has 0 aromatic carbocycles. The second-order valence-corrected chi connectivity index (χ2v) is 4.81. The van der Waals surface area contributed by atoms with Crippen LogP contribution < -0.4 is 10.6 Å². The van der Waals surface area contributed by atoms with Crippen LogP contribution >= 0.6 is 0 Å². The summed E-state index contributed by atoms with van der Waals surface area (Å²) in [6.45, 7) is 5.06. The second kappa shape index (κ2) is 5.96. The number of anilines is 1. The average Bonchev–Trinajstić information content (AvgIpc) is 2.40. The van der Waals surface area contributed by atoms with Crippen molar-refractivity contribution < 1.29 is 0 Å². The summed E-state index contributed by atoms with van der Waals surface area (Å²) in [7, 11) is 0. The predicted octanol–water partition coefficient (Wildman–Crippen LogP) is 1.60. The van der Waals surface area contributed by atoms with E-state index in [1.807, 2.05) is 12.4 Å². The molecule has 0 aliphatic carbocycles. The van der Waals surface area contributed by atoms with Gasteiger partial charge in [-0.15, -0.1) is 0 Å². The molecule has 1 aliphatic heterocycles. The first-order valence-corrected chi connectivity index (χ1v) is 6.59. The minimum Gasteiger partial charge on any atom is -0.341 e. The van der Waals surface area contributed by atoms with Gasteiger partial charge in [-0.05, 0) is 37.3 Å². The third kappa shape index (κ3) is 3.16. The van der Waals surface area contributed by atoms with Gasteiger partial charge < -0.3 is 10.6 Å². The van der Waals surface area contributed by atoms with Crippen molar-refractivity contribution in [3.8, 4) is 0 Å². The Kier molecular flexibility index (Phi) is 4.31. The predicted molar refractivity (Wildman–Crippen MR) is 70.0 cm³/mol. The fourth-order valence-corrected chi connectivity index (χ4v) is 2.30. The van der Waals surface area contributed by atoms with Gasteiger partial charge in [0.1, 0.15) is 0 Å². The maximum Gasteiger partial charge on any atom is 0.225 e. The van der Waals surface area contributed by atoms with Crippen LogP contribution in [-0.2, 0) is 6.42 Å². The van der Waals surface area contributed by atoms with Crippen LogP contribution in [0.2, 0.25) is 0 Å². The van der Waals surface area contributed by atoms with Gasteiger partial charge in [0.2, 0.25) is 5.95 Å². The Morgan fingerprint density at radius 2 is 1.94 bits per heavy atom. The monoisotopic (exact) mass is 234 g/mol. The lowest BCUT2D eigenvalue weighted by Gasteiger charge is -2.31. The van der Waals surface area contributed by atoms with Gasteiger partial charge in [-0.3, -0.25) is 0 Å². The lowest BCUT2D eigenvalue weighted by molar-refractivity contribution is 0.411. The highest BCUT2D eigenvalue weighted by Gasteiger charge is 2.19. The van der Waals surface area contributed by atoms with Crippen LogP contribution in [-0.4, -0.2) is 29.6 Å². The van der Waals surface area contributed by atoms with Gasteiger partial charge in [-0.25, -0.2) is 9.97 Å². The molecule has 0 saturated carbocycles. The molecule has 4 nitrogen and oxygen atoms in total. The number of hydrogen-bond acceptors (Lipinski definition) is 4. The van der Waals surface area contributed by atoms with E-state index in [4.69, 9.17) is 5.73 Å². The molecule has 0 radical (unpaired) electrons. The van der Waals surface area contributed by atoms with Gasteiger partial charge >= 0.3 is 0 Å². The number of piperidine rings is 1. The van der Waals surface area contributed by atoms with E-state index < -0.39 is 0 Å². The first kappa shape index (κ1) is 12.3. The van der Waals surface area contributed by atoms with Crippen LogP contribution in [0.15, 0.2) is 12.4 Å². The Morgan fingerprint density at radius 3 is 2.47 bits per heavy atom. The first-order chi connectivity index (χ1) is 8.33. The maximum atomic E-state index is 5.69. The molecule has 4 heteroatoms. The van der Waals surface area contributed by atoms with E-state index in [-0.39, 0.29) is 0 Å². The van der Waals surface area contributed by atoms with Crippen molar-refractivity contribution in [3.05, 3.63) is 18.0 Å². The van der Waals surface area contributed by atoms with Gasteiger partial charge in [-0.1, -0.05) is 13.3 Å². The fraction of sp³-hybridized carbons (Fsp3) is 0.692. The van der Waals surface area contributed by atoms with Crippen LogP contribution in [0.3, 0.4) is 0 Å². The molecule has 0 unspecified atom stereocenters. The first-order valence-electron chi connectivity index (χ1n) is 6.59. The molecule has 94 valence electrons. The van der Waals surface area contributed by atoms with Crippen LogP contribution in [0, 0.1) is 5.92 Å². The van der Waals surface area contributed by atoms with Crippen molar-refractivity contribution in [1.82, 2.24) is 9.97 Å². The maximum absolute atomic E-state index is 5.69. The molecule has 1 saturated heterocycles. The summed E-state index contributed by atoms with van der Waals surface area (Å²) >= 11 is 0. The van der Waals surface area contributed by atoms with Gasteiger partial charge in [0.25, 0.3) is 0 Å². The Balaban J connectivity index is 1.94. The average molecular weight is 234 g/mol. The zero-order chi connectivity index (χ0) is 12.1. The molecule has 0 atom stereocenters. The van der Waals surface area contributed by atoms with E-state index in [0.29, 0.717) is 5.92 Å². The molecule has 0 spiro atoms. The zero-order valence-corrected chi connectivity index (χ0v) is 10.6. The number of rotatable bonds is 4. The van der Waals surface area contributed by atoms with Crippen molar-refractivity contribution in [2.75, 3.05) is 24.5 Å². The molecular weight excluding hydrogens is 212 g/mol. The quantitative estimate of drug-likeness (QED) is 0.860. The van der Waals surface area contributed by atoms with Crippen molar-refractivity contribution in [1.29, 1.82) is 0 Å². The van der Waals surface area contributed by atoms with Crippen LogP contribution in [0.1, 0.15) is 31.7 Å². The fourth-order valence-electron chi connectivity index (χ4n) is 2.30. The van der Waals surface area contributed by atoms with Crippen LogP contribution in [0.5, 0.6) is 0 Å². The number of hydrogen-bond donors (Lipinski definition) is 1. The van der Waals surface area contributed by atoms with Crippen molar-refractivity contribution in [3.63, 3.8) is 0 Å². The summed E-state index contributed by atoms with van der Waals surface area (Å²) in [6.07, 6.45) is 8.45. The highest BCUT2D eigenvalue weighted by Crippen LogP contribution is 2.19. The van der Waals surface area contributed by atoms with E-state index in [0.717, 1.165) is 51.3 Å². The highest BCUT2D eigenvalue weighted by atomic mass is 15.2. The van der Waals surface area contributed by atoms with Gasteiger partial charge in [0.15, 0.2) is 0 Å². The molecule has 2 rings (SSSR count). The molecule has 0 bridgehead atoms. The van der Waals surface area contributed by atoms with E-state index in [1.165, 1.54) is 5.56 Å². The third-order valence-electron chi connectivity index (χ3n) is 3.46. The molecule has 0 amide bonds. The number of nitrogens with two attached hydrogens (primary N) is 1. The molecule has 2 N–H and O–H groups in total. The summed E-state index contributed by atoms with van der Waals surface area (Å²) in [6, 6.07) is 0. The molecule has 1 aromatic rings. The summed E-state index contributed by atoms with van der Waals surface area (Å²) in [4.78, 5) is 11.2. The SMILES string of the molecule is CCCc1cnc(N2CCC(CN)CC2)nc1. The van der Waals surface area contributed by atoms with E-state index in [2.05, 4.69) is 21.8 Å². The van der Waals surface area contributed by atoms with E-state index in [1.54, 1.807) is 0 Å². The molecule has 1 aliphatic rings. The van der Waals surface area contributed by atoms with Gasteiger partial charge in [-0.2, -0.15) is 0 Å². The number of aromatic nitrogens is 2. The summed E-state index contributed by atoms with van der Waals surface area (Å²) in [5.74, 6) is 1.56. The molecule has 17 heavy (non-hydrogen) atoms. The van der Waals surface area contributed by atoms with Crippen molar-refractivity contribution in [2.45, 2.75) is 32.6 Å². The largest absolute Gasteiger partial charge is 0.341 e. The van der Waals surface area contributed by atoms with Crippen molar-refractivity contribution >= 4 is 5.95 Å². The van der Waals surface area contributed by atoms with E-state index >= 15 is 0 Å². The smallest absolute Gasteiger partial charge is 0.225 e. The zero-order valence-electron chi connectivity index (χ0n) is 10.6. The minimum absolute atomic E-state index is 0.686. The topological polar surface area (TPSA) is 55.0 Å². The standard InChI is InChI=1S/C13H22N4/c1-2-3-12-9-15-13(16-10-12)17-6-4-11(8-14)5-7-17/h9-11H,2-8,14H2,1H3. The summed E-state index contributed by atoms with van der Waals surface area (Å²) in [5.41, 5.74) is 6.92. The van der Waals surface area contributed by atoms with Gasteiger partial charge in [0.05, 0.1) is 0 Å². The van der Waals surface area contributed by atoms with Crippen molar-refractivity contribution in [2.24, 2.45) is 11.7 Å². The Labute approximate surface area is 103 Å². The molecule has 1 aromatic heterocycles. The molecular formula is C13H22N4. The Bertz CT molecular complexity index is 328. The third-order valence-corrected chi connectivity index (χ3v) is 3.46. The molecule has 2 heterocycles. The van der Waals surface area contributed by atoms with Gasteiger partial charge in [0, 0.05) is 25.5 Å². The number of aryl methyl sites for hydroxylation is 1. The Morgan fingerprint density at radius 1 is 1.29 bits per heavy atom. The Hall–Kier alpha value is -1.16. The van der Waals surface area contributed by atoms with Crippen LogP contribution in [0.4, 0.5) is 5.95 Å². The lowest BCUT2D eigenvalue weighted by atomic mass is 9.97. The minimum atomic E-state index is 0.686. The summed E-state index contributed by atoms with van der Waals surface area (Å²) < 4.78 is 0.